The summed E-state index contributed by atoms with van der Waals surface area (Å²) in [6.45, 7) is 7.59. The Morgan fingerprint density at radius 1 is 1.12 bits per heavy atom. The van der Waals surface area contributed by atoms with Crippen molar-refractivity contribution in [3.05, 3.63) is 93.3 Å². The second kappa shape index (κ2) is 9.05. The first-order chi connectivity index (χ1) is 15.4. The van der Waals surface area contributed by atoms with Gasteiger partial charge < -0.3 is 15.0 Å². The molecule has 0 aliphatic rings. The Balaban J connectivity index is 1.52. The van der Waals surface area contributed by atoms with Crippen LogP contribution in [0.5, 0.6) is 0 Å². The molecular weight excluding hydrogens is 422 g/mol. The molecule has 5 nitrogen and oxygen atoms in total. The summed E-state index contributed by atoms with van der Waals surface area (Å²) in [6.07, 6.45) is 0.878. The highest BCUT2D eigenvalue weighted by Gasteiger charge is 2.13. The molecule has 0 atom stereocenters. The normalized spacial score (nSPS) is 11.1. The lowest BCUT2D eigenvalue weighted by Crippen LogP contribution is -2.06. The summed E-state index contributed by atoms with van der Waals surface area (Å²) in [5.41, 5.74) is 7.72. The summed E-state index contributed by atoms with van der Waals surface area (Å²) in [5.74, 6) is 0.0638. The third-order valence-corrected chi connectivity index (χ3v) is 6.10. The first-order valence-electron chi connectivity index (χ1n) is 10.7. The molecule has 4 rings (SSSR count). The molecular formula is C26H26ClN3O2. The number of carboxylic acid groups (broad SMARTS) is 1. The maximum atomic E-state index is 11.3. The van der Waals surface area contributed by atoms with Crippen LogP contribution in [-0.4, -0.2) is 20.6 Å². The van der Waals surface area contributed by atoms with Crippen molar-refractivity contribution in [2.24, 2.45) is 0 Å². The fourth-order valence-corrected chi connectivity index (χ4v) is 4.41. The largest absolute Gasteiger partial charge is 0.478 e. The molecule has 0 aliphatic carbocycles. The Kier molecular flexibility index (Phi) is 6.19. The molecule has 1 aromatic heterocycles. The van der Waals surface area contributed by atoms with E-state index < -0.39 is 5.97 Å². The van der Waals surface area contributed by atoms with E-state index >= 15 is 0 Å². The van der Waals surface area contributed by atoms with Gasteiger partial charge in [0, 0.05) is 25.2 Å². The lowest BCUT2D eigenvalue weighted by Gasteiger charge is -2.12. The molecule has 164 valence electrons. The lowest BCUT2D eigenvalue weighted by atomic mass is 10.1. The number of carbonyl (C=O) groups is 1. The second-order valence-electron chi connectivity index (χ2n) is 8.05. The van der Waals surface area contributed by atoms with E-state index in [2.05, 4.69) is 54.9 Å². The van der Waals surface area contributed by atoms with E-state index in [-0.39, 0.29) is 10.6 Å². The molecule has 0 spiro atoms. The third kappa shape index (κ3) is 4.34. The molecule has 1 heterocycles. The Morgan fingerprint density at radius 2 is 1.88 bits per heavy atom. The average Bonchev–Trinajstić information content (AvgIpc) is 3.11. The number of carboxylic acids is 1. The zero-order valence-corrected chi connectivity index (χ0v) is 19.2. The number of imidazole rings is 1. The van der Waals surface area contributed by atoms with E-state index in [0.717, 1.165) is 35.6 Å². The summed E-state index contributed by atoms with van der Waals surface area (Å²) in [5, 5.41) is 12.8. The van der Waals surface area contributed by atoms with Crippen LogP contribution in [-0.2, 0) is 19.5 Å². The van der Waals surface area contributed by atoms with Gasteiger partial charge in [-0.2, -0.15) is 0 Å². The molecule has 0 aliphatic heterocycles. The minimum absolute atomic E-state index is 0.117. The van der Waals surface area contributed by atoms with E-state index in [9.17, 15) is 9.90 Å². The minimum atomic E-state index is -1.02. The lowest BCUT2D eigenvalue weighted by molar-refractivity contribution is 0.0697. The van der Waals surface area contributed by atoms with Gasteiger partial charge in [-0.15, -0.1) is 0 Å². The van der Waals surface area contributed by atoms with Crippen LogP contribution in [0.15, 0.2) is 54.6 Å². The van der Waals surface area contributed by atoms with Gasteiger partial charge in [-0.1, -0.05) is 48.9 Å². The molecule has 4 aromatic rings. The predicted octanol–water partition coefficient (Wildman–Crippen LogP) is 6.23. The van der Waals surface area contributed by atoms with Crippen molar-refractivity contribution in [2.45, 2.75) is 40.3 Å². The monoisotopic (exact) mass is 447 g/mol. The van der Waals surface area contributed by atoms with E-state index in [1.807, 2.05) is 18.2 Å². The number of benzene rings is 3. The number of rotatable bonds is 7. The zero-order chi connectivity index (χ0) is 22.8. The van der Waals surface area contributed by atoms with Crippen molar-refractivity contribution in [3.63, 3.8) is 0 Å². The molecule has 32 heavy (non-hydrogen) atoms. The van der Waals surface area contributed by atoms with Crippen LogP contribution in [0.4, 0.5) is 5.69 Å². The van der Waals surface area contributed by atoms with Gasteiger partial charge >= 0.3 is 5.97 Å². The molecule has 3 aromatic carbocycles. The maximum Gasteiger partial charge on any atom is 0.337 e. The van der Waals surface area contributed by atoms with Gasteiger partial charge in [0.2, 0.25) is 0 Å². The summed E-state index contributed by atoms with van der Waals surface area (Å²) in [4.78, 5) is 16.1. The predicted molar refractivity (Wildman–Crippen MR) is 130 cm³/mol. The number of nitrogens with one attached hydrogen (secondary N) is 1. The van der Waals surface area contributed by atoms with Crippen molar-refractivity contribution < 1.29 is 9.90 Å². The summed E-state index contributed by atoms with van der Waals surface area (Å²) in [6, 6.07) is 17.7. The van der Waals surface area contributed by atoms with Crippen molar-refractivity contribution in [1.29, 1.82) is 0 Å². The number of anilines is 1. The Bertz CT molecular complexity index is 1290. The molecule has 2 N–H and O–H groups in total. The number of fused-ring (bicyclic) bond motifs is 1. The topological polar surface area (TPSA) is 67.2 Å². The van der Waals surface area contributed by atoms with Gasteiger partial charge in [0.1, 0.15) is 5.82 Å². The fourth-order valence-electron chi connectivity index (χ4n) is 4.13. The van der Waals surface area contributed by atoms with Crippen molar-refractivity contribution in [2.75, 3.05) is 5.32 Å². The van der Waals surface area contributed by atoms with Crippen LogP contribution in [0.3, 0.4) is 0 Å². The number of nitrogens with zero attached hydrogens (tertiary/aromatic N) is 2. The molecule has 0 bridgehead atoms. The standard InChI is InChI=1S/C26H26ClN3O2/c1-4-23-29-22-13-16(2)12-17(3)25(22)30(23)15-18-8-10-20(11-9-18)28-14-19-6-5-7-21(24(19)27)26(31)32/h5-13,28H,4,14-15H2,1-3H3,(H,31,32). The van der Waals surface area contributed by atoms with Gasteiger partial charge in [-0.05, 0) is 60.4 Å². The molecule has 0 saturated heterocycles. The number of halogens is 1. The number of aromatic carboxylic acids is 1. The highest BCUT2D eigenvalue weighted by molar-refractivity contribution is 6.34. The van der Waals surface area contributed by atoms with Crippen molar-refractivity contribution in [1.82, 2.24) is 9.55 Å². The number of aryl methyl sites for hydroxylation is 3. The minimum Gasteiger partial charge on any atom is -0.478 e. The van der Waals surface area contributed by atoms with E-state index in [4.69, 9.17) is 16.6 Å². The highest BCUT2D eigenvalue weighted by Crippen LogP contribution is 2.25. The Hall–Kier alpha value is -3.31. The van der Waals surface area contributed by atoms with Gasteiger partial charge in [-0.25, -0.2) is 9.78 Å². The third-order valence-electron chi connectivity index (χ3n) is 5.66. The zero-order valence-electron chi connectivity index (χ0n) is 18.4. The average molecular weight is 448 g/mol. The van der Waals surface area contributed by atoms with E-state index in [1.165, 1.54) is 28.3 Å². The van der Waals surface area contributed by atoms with E-state index in [0.29, 0.717) is 6.54 Å². The maximum absolute atomic E-state index is 11.3. The van der Waals surface area contributed by atoms with Crippen LogP contribution in [0, 0.1) is 13.8 Å². The SMILES string of the molecule is CCc1nc2cc(C)cc(C)c2n1Cc1ccc(NCc2cccc(C(=O)O)c2Cl)cc1. The molecule has 0 saturated carbocycles. The van der Waals surface area contributed by atoms with Crippen LogP contribution in [0.2, 0.25) is 5.02 Å². The van der Waals surface area contributed by atoms with Gasteiger partial charge in [0.05, 0.1) is 21.6 Å². The Labute approximate surface area is 192 Å². The van der Waals surface area contributed by atoms with Crippen molar-refractivity contribution >= 4 is 34.3 Å². The van der Waals surface area contributed by atoms with Crippen molar-refractivity contribution in [3.8, 4) is 0 Å². The summed E-state index contributed by atoms with van der Waals surface area (Å²) >= 11 is 6.24. The van der Waals surface area contributed by atoms with Crippen LogP contribution >= 0.6 is 11.6 Å². The van der Waals surface area contributed by atoms with Crippen LogP contribution in [0.1, 0.15) is 45.4 Å². The van der Waals surface area contributed by atoms with Gasteiger partial charge in [0.15, 0.2) is 0 Å². The number of hydrogen-bond donors (Lipinski definition) is 2. The summed E-state index contributed by atoms with van der Waals surface area (Å²) in [7, 11) is 0. The molecule has 0 radical (unpaired) electrons. The number of aromatic nitrogens is 2. The van der Waals surface area contributed by atoms with Crippen LogP contribution < -0.4 is 5.32 Å². The second-order valence-corrected chi connectivity index (χ2v) is 8.43. The summed E-state index contributed by atoms with van der Waals surface area (Å²) < 4.78 is 2.31. The number of hydrogen-bond acceptors (Lipinski definition) is 3. The van der Waals surface area contributed by atoms with Crippen LogP contribution in [0.25, 0.3) is 11.0 Å². The molecule has 6 heteroatoms. The highest BCUT2D eigenvalue weighted by atomic mass is 35.5. The molecule has 0 fully saturated rings. The first-order valence-corrected chi connectivity index (χ1v) is 11.0. The van der Waals surface area contributed by atoms with Gasteiger partial charge in [0.25, 0.3) is 0 Å². The van der Waals surface area contributed by atoms with E-state index in [1.54, 1.807) is 6.07 Å². The smallest absolute Gasteiger partial charge is 0.337 e. The first kappa shape index (κ1) is 21.9. The fraction of sp³-hybridized carbons (Fsp3) is 0.231. The van der Waals surface area contributed by atoms with Gasteiger partial charge in [-0.3, -0.25) is 0 Å². The molecule has 0 amide bonds. The Morgan fingerprint density at radius 3 is 2.56 bits per heavy atom. The quantitative estimate of drug-likeness (QED) is 0.352. The molecule has 0 unspecified atom stereocenters.